The van der Waals surface area contributed by atoms with Gasteiger partial charge in [-0.25, -0.2) is 0 Å². The maximum atomic E-state index is 13.4. The summed E-state index contributed by atoms with van der Waals surface area (Å²) in [6, 6.07) is 9.99. The van der Waals surface area contributed by atoms with Crippen LogP contribution in [0.2, 0.25) is 0 Å². The van der Waals surface area contributed by atoms with Gasteiger partial charge in [0.2, 0.25) is 0 Å². The van der Waals surface area contributed by atoms with Crippen molar-refractivity contribution in [1.29, 1.82) is 0 Å². The smallest absolute Gasteiger partial charge is 0.258 e. The predicted molar refractivity (Wildman–Crippen MR) is 126 cm³/mol. The Morgan fingerprint density at radius 3 is 2.66 bits per heavy atom. The number of nitrogens with one attached hydrogen (secondary N) is 1. The number of phenolic OH excluding ortho intramolecular Hbond substituents is 1. The van der Waals surface area contributed by atoms with E-state index in [0.29, 0.717) is 18.7 Å². The zero-order valence-corrected chi connectivity index (χ0v) is 18.9. The summed E-state index contributed by atoms with van der Waals surface area (Å²) in [7, 11) is 2.16. The molecule has 0 radical (unpaired) electrons. The molecule has 1 amide bonds. The topological polar surface area (TPSA) is 75.7 Å². The predicted octanol–water partition coefficient (Wildman–Crippen LogP) is 3.52. The molecule has 3 aromatic rings. The Bertz CT molecular complexity index is 1150. The highest BCUT2D eigenvalue weighted by Crippen LogP contribution is 2.32. The average Bonchev–Trinajstić information content (AvgIpc) is 3.40. The molecule has 0 saturated carbocycles. The molecule has 2 aliphatic rings. The monoisotopic (exact) mass is 433 g/mol. The molecule has 0 unspecified atom stereocenters. The minimum absolute atomic E-state index is 0.00210. The zero-order valence-electron chi connectivity index (χ0n) is 18.9. The maximum absolute atomic E-state index is 13.4. The summed E-state index contributed by atoms with van der Waals surface area (Å²) in [5.74, 6) is -0.133. The van der Waals surface area contributed by atoms with E-state index in [2.05, 4.69) is 52.2 Å². The molecule has 0 atom stereocenters. The van der Waals surface area contributed by atoms with Crippen molar-refractivity contribution in [3.8, 4) is 5.75 Å². The van der Waals surface area contributed by atoms with Crippen molar-refractivity contribution >= 4 is 22.5 Å². The minimum Gasteiger partial charge on any atom is -0.507 e. The van der Waals surface area contributed by atoms with E-state index in [1.54, 1.807) is 12.1 Å². The Balaban J connectivity index is 1.36. The molecular formula is C25H31N5O2. The lowest BCUT2D eigenvalue weighted by molar-refractivity contribution is 0.0748. The summed E-state index contributed by atoms with van der Waals surface area (Å²) < 4.78 is 0. The zero-order chi connectivity index (χ0) is 22.2. The van der Waals surface area contributed by atoms with Gasteiger partial charge in [-0.1, -0.05) is 19.4 Å². The lowest BCUT2D eigenvalue weighted by Crippen LogP contribution is -2.44. The Morgan fingerprint density at radius 1 is 1.09 bits per heavy atom. The largest absolute Gasteiger partial charge is 0.507 e. The summed E-state index contributed by atoms with van der Waals surface area (Å²) in [6.45, 7) is 7.48. The number of aromatic amines is 1. The molecule has 1 fully saturated rings. The quantitative estimate of drug-likeness (QED) is 0.644. The third-order valence-electron chi connectivity index (χ3n) is 6.82. The maximum Gasteiger partial charge on any atom is 0.258 e. The van der Waals surface area contributed by atoms with Gasteiger partial charge in [0.1, 0.15) is 5.75 Å². The van der Waals surface area contributed by atoms with Crippen molar-refractivity contribution in [2.45, 2.75) is 39.3 Å². The van der Waals surface area contributed by atoms with Crippen LogP contribution >= 0.6 is 0 Å². The minimum atomic E-state index is -0.135. The number of hydrogen-bond acceptors (Lipinski definition) is 5. The molecule has 7 nitrogen and oxygen atoms in total. The molecule has 1 saturated heterocycles. The highest BCUT2D eigenvalue weighted by atomic mass is 16.3. The van der Waals surface area contributed by atoms with Crippen LogP contribution in [0.25, 0.3) is 10.9 Å². The number of aryl methyl sites for hydroxylation is 1. The van der Waals surface area contributed by atoms with Crippen molar-refractivity contribution in [2.24, 2.45) is 0 Å². The number of piperazine rings is 1. The van der Waals surface area contributed by atoms with E-state index in [0.717, 1.165) is 62.0 Å². The fourth-order valence-corrected chi connectivity index (χ4v) is 4.77. The van der Waals surface area contributed by atoms with Crippen LogP contribution in [0.1, 0.15) is 46.9 Å². The number of phenols is 1. The van der Waals surface area contributed by atoms with Crippen LogP contribution in [0.4, 0.5) is 5.69 Å². The molecular weight excluding hydrogens is 402 g/mol. The molecule has 3 heterocycles. The standard InChI is InChI=1S/C25H31N5O2/c1-3-4-5-22-20-13-21(24(31)14-23(20)27-26-22)25(32)30-15-17-6-7-19(12-18(17)16-30)29-10-8-28(2)9-11-29/h6-7,12-14,31H,3-5,8-11,15-16H2,1-2H3,(H,26,27). The van der Waals surface area contributed by atoms with Crippen molar-refractivity contribution in [2.75, 3.05) is 38.1 Å². The van der Waals surface area contributed by atoms with Gasteiger partial charge in [-0.2, -0.15) is 5.10 Å². The number of anilines is 1. The fraction of sp³-hybridized carbons (Fsp3) is 0.440. The second-order valence-electron chi connectivity index (χ2n) is 9.09. The number of unbranched alkanes of at least 4 members (excludes halogenated alkanes) is 1. The normalized spacial score (nSPS) is 16.7. The van der Waals surface area contributed by atoms with Crippen LogP contribution in [-0.2, 0) is 19.5 Å². The van der Waals surface area contributed by atoms with Gasteiger partial charge in [-0.3, -0.25) is 9.89 Å². The van der Waals surface area contributed by atoms with Gasteiger partial charge in [0.25, 0.3) is 5.91 Å². The molecule has 0 aliphatic carbocycles. The van der Waals surface area contributed by atoms with Crippen molar-refractivity contribution in [3.05, 3.63) is 52.7 Å². The molecule has 0 spiro atoms. The van der Waals surface area contributed by atoms with Gasteiger partial charge in [-0.15, -0.1) is 0 Å². The average molecular weight is 434 g/mol. The van der Waals surface area contributed by atoms with Gasteiger partial charge in [0.15, 0.2) is 0 Å². The summed E-state index contributed by atoms with van der Waals surface area (Å²) in [5.41, 5.74) is 5.69. The molecule has 32 heavy (non-hydrogen) atoms. The number of hydrogen-bond donors (Lipinski definition) is 2. The van der Waals surface area contributed by atoms with Crippen LogP contribution in [0, 0.1) is 0 Å². The van der Waals surface area contributed by atoms with Crippen LogP contribution < -0.4 is 4.90 Å². The lowest BCUT2D eigenvalue weighted by atomic mass is 10.1. The van der Waals surface area contributed by atoms with E-state index < -0.39 is 0 Å². The number of rotatable bonds is 5. The molecule has 7 heteroatoms. The van der Waals surface area contributed by atoms with Crippen LogP contribution in [-0.4, -0.2) is 64.2 Å². The fourth-order valence-electron chi connectivity index (χ4n) is 4.77. The van der Waals surface area contributed by atoms with Gasteiger partial charge >= 0.3 is 0 Å². The van der Waals surface area contributed by atoms with E-state index >= 15 is 0 Å². The van der Waals surface area contributed by atoms with Gasteiger partial charge in [0.05, 0.1) is 16.8 Å². The Kier molecular flexibility index (Phi) is 5.51. The Hall–Kier alpha value is -3.06. The first-order chi connectivity index (χ1) is 15.5. The third kappa shape index (κ3) is 3.81. The van der Waals surface area contributed by atoms with Gasteiger partial charge < -0.3 is 19.8 Å². The van der Waals surface area contributed by atoms with Crippen molar-refractivity contribution in [1.82, 2.24) is 20.0 Å². The number of carbonyl (C=O) groups excluding carboxylic acids is 1. The number of H-pyrrole nitrogens is 1. The summed E-state index contributed by atoms with van der Waals surface area (Å²) >= 11 is 0. The first-order valence-corrected chi connectivity index (χ1v) is 11.6. The van der Waals surface area contributed by atoms with Gasteiger partial charge in [-0.05, 0) is 49.2 Å². The van der Waals surface area contributed by atoms with Crippen LogP contribution in [0.15, 0.2) is 30.3 Å². The first-order valence-electron chi connectivity index (χ1n) is 11.6. The molecule has 168 valence electrons. The number of likely N-dealkylation sites (N-methyl/N-ethyl adjacent to an activating group) is 1. The van der Waals surface area contributed by atoms with E-state index in [1.165, 1.54) is 16.8 Å². The second kappa shape index (κ2) is 8.47. The number of nitrogens with zero attached hydrogens (tertiary/aromatic N) is 4. The summed E-state index contributed by atoms with van der Waals surface area (Å²) in [6.07, 6.45) is 2.99. The first kappa shape index (κ1) is 20.8. The van der Waals surface area contributed by atoms with Crippen LogP contribution in [0.5, 0.6) is 5.75 Å². The molecule has 2 aliphatic heterocycles. The van der Waals surface area contributed by atoms with Crippen molar-refractivity contribution < 1.29 is 9.90 Å². The van der Waals surface area contributed by atoms with E-state index in [1.807, 2.05) is 4.90 Å². The molecule has 2 N–H and O–H groups in total. The van der Waals surface area contributed by atoms with Crippen LogP contribution in [0.3, 0.4) is 0 Å². The molecule has 2 aromatic carbocycles. The Morgan fingerprint density at radius 2 is 1.88 bits per heavy atom. The second-order valence-corrected chi connectivity index (χ2v) is 9.09. The SMILES string of the molecule is CCCCc1n[nH]c2cc(O)c(C(=O)N3Cc4ccc(N5CCN(C)CC5)cc4C3)cc12. The third-order valence-corrected chi connectivity index (χ3v) is 6.82. The lowest BCUT2D eigenvalue weighted by Gasteiger charge is -2.34. The number of benzene rings is 2. The van der Waals surface area contributed by atoms with Crippen molar-refractivity contribution in [3.63, 3.8) is 0 Å². The molecule has 5 rings (SSSR count). The van der Waals surface area contributed by atoms with E-state index in [9.17, 15) is 9.90 Å². The highest BCUT2D eigenvalue weighted by Gasteiger charge is 2.27. The summed E-state index contributed by atoms with van der Waals surface area (Å²) in [5, 5.41) is 18.9. The number of amides is 1. The van der Waals surface area contributed by atoms with Gasteiger partial charge in [0, 0.05) is 56.4 Å². The number of aromatic nitrogens is 2. The number of carbonyl (C=O) groups is 1. The Labute approximate surface area is 188 Å². The molecule has 1 aromatic heterocycles. The molecule has 0 bridgehead atoms. The van der Waals surface area contributed by atoms with E-state index in [-0.39, 0.29) is 11.7 Å². The highest BCUT2D eigenvalue weighted by molar-refractivity contribution is 6.01. The number of aromatic hydroxyl groups is 1. The van der Waals surface area contributed by atoms with E-state index in [4.69, 9.17) is 0 Å². The summed E-state index contributed by atoms with van der Waals surface area (Å²) in [4.78, 5) is 20.0. The number of fused-ring (bicyclic) bond motifs is 2.